The molecule has 0 bridgehead atoms. The van der Waals surface area contributed by atoms with Crippen molar-refractivity contribution >= 4 is 5.71 Å². The van der Waals surface area contributed by atoms with Crippen LogP contribution in [0.25, 0.3) is 0 Å². The Kier molecular flexibility index (Phi) is 2.26. The van der Waals surface area contributed by atoms with Crippen LogP contribution in [0.15, 0.2) is 34.7 Å². The van der Waals surface area contributed by atoms with Crippen molar-refractivity contribution in [2.75, 3.05) is 0 Å². The quantitative estimate of drug-likeness (QED) is 0.349. The van der Waals surface area contributed by atoms with Crippen LogP contribution in [0.2, 0.25) is 0 Å². The molecule has 0 amide bonds. The first-order chi connectivity index (χ1) is 5.24. The van der Waals surface area contributed by atoms with Crippen molar-refractivity contribution in [1.82, 2.24) is 0 Å². The zero-order valence-electron chi connectivity index (χ0n) is 6.03. The molecule has 1 rings (SSSR count). The number of hydrogen-bond acceptors (Lipinski definition) is 3. The van der Waals surface area contributed by atoms with Crippen molar-refractivity contribution in [1.29, 1.82) is 0 Å². The zero-order chi connectivity index (χ0) is 8.27. The minimum Gasteiger partial charge on any atom is -0.792 e. The van der Waals surface area contributed by atoms with E-state index in [-0.39, 0.29) is 6.10 Å². The Labute approximate surface area is 64.7 Å². The highest BCUT2D eigenvalue weighted by molar-refractivity contribution is 6.00. The summed E-state index contributed by atoms with van der Waals surface area (Å²) in [5, 5.41) is 21.6. The van der Waals surface area contributed by atoms with Crippen LogP contribution in [0.3, 0.4) is 0 Å². The summed E-state index contributed by atoms with van der Waals surface area (Å²) in [6.07, 6.45) is 4.60. The molecule has 0 fully saturated rings. The van der Waals surface area contributed by atoms with Crippen molar-refractivity contribution in [3.63, 3.8) is 0 Å². The summed E-state index contributed by atoms with van der Waals surface area (Å²) in [6, 6.07) is 0. The highest BCUT2D eigenvalue weighted by atomic mass is 16.4. The van der Waals surface area contributed by atoms with E-state index in [0.717, 1.165) is 0 Å². The van der Waals surface area contributed by atoms with Gasteiger partial charge in [-0.15, -0.1) is 5.73 Å². The lowest BCUT2D eigenvalue weighted by Gasteiger charge is -2.04. The molecule has 0 unspecified atom stereocenters. The van der Waals surface area contributed by atoms with Crippen molar-refractivity contribution in [2.24, 2.45) is 5.16 Å². The number of hydrogen-bond donors (Lipinski definition) is 1. The van der Waals surface area contributed by atoms with Crippen molar-refractivity contribution in [2.45, 2.75) is 6.92 Å². The van der Waals surface area contributed by atoms with E-state index in [0.29, 0.717) is 11.3 Å². The van der Waals surface area contributed by atoms with E-state index in [1.807, 2.05) is 0 Å². The van der Waals surface area contributed by atoms with Gasteiger partial charge in [0.05, 0.1) is 0 Å². The molecule has 0 atom stereocenters. The number of nitrogens with zero attached hydrogens (tertiary/aromatic N) is 1. The van der Waals surface area contributed by atoms with Crippen LogP contribution in [-0.2, 0) is 0 Å². The standard InChI is InChI=1S/C8H8NO2/c1-6(9-11)7-2-4-8(10)5-3-7/h2,4-5,10-11H,1H3/p-1/b9-6-. The van der Waals surface area contributed by atoms with Gasteiger partial charge in [0.2, 0.25) is 0 Å². The zero-order valence-corrected chi connectivity index (χ0v) is 6.03. The topological polar surface area (TPSA) is 55.7 Å². The Morgan fingerprint density at radius 2 is 2.36 bits per heavy atom. The van der Waals surface area contributed by atoms with Gasteiger partial charge < -0.3 is 15.5 Å². The molecule has 0 aromatic carbocycles. The molecule has 3 heteroatoms. The van der Waals surface area contributed by atoms with E-state index in [9.17, 15) is 5.21 Å². The van der Waals surface area contributed by atoms with Gasteiger partial charge in [-0.1, -0.05) is 0 Å². The van der Waals surface area contributed by atoms with E-state index < -0.39 is 0 Å². The van der Waals surface area contributed by atoms with Crippen LogP contribution in [-0.4, -0.2) is 10.8 Å². The van der Waals surface area contributed by atoms with Crippen molar-refractivity contribution in [3.05, 3.63) is 40.8 Å². The second-order valence-electron chi connectivity index (χ2n) is 2.14. The lowest BCUT2D eigenvalue weighted by molar-refractivity contribution is 0.369. The summed E-state index contributed by atoms with van der Waals surface area (Å²) < 4.78 is 0. The number of aliphatic hydroxyl groups is 1. The molecule has 1 N–H and O–H groups in total. The molecule has 0 spiro atoms. The Balaban J connectivity index is 2.93. The van der Waals surface area contributed by atoms with Gasteiger partial charge in [0.1, 0.15) is 6.10 Å². The second-order valence-corrected chi connectivity index (χ2v) is 2.14. The Morgan fingerprint density at radius 3 is 2.82 bits per heavy atom. The minimum atomic E-state index is 0.132. The van der Waals surface area contributed by atoms with Gasteiger partial charge in [0.25, 0.3) is 0 Å². The third-order valence-corrected chi connectivity index (χ3v) is 1.32. The fourth-order valence-electron chi connectivity index (χ4n) is 0.691. The predicted octanol–water partition coefficient (Wildman–Crippen LogP) is 1.50. The second kappa shape index (κ2) is 3.19. The maximum absolute atomic E-state index is 10.0. The summed E-state index contributed by atoms with van der Waals surface area (Å²) in [5.74, 6) is 0. The summed E-state index contributed by atoms with van der Waals surface area (Å²) in [7, 11) is 0. The molecule has 57 valence electrons. The van der Waals surface area contributed by atoms with Crippen molar-refractivity contribution in [3.8, 4) is 0 Å². The summed E-state index contributed by atoms with van der Waals surface area (Å²) >= 11 is 0. The average Bonchev–Trinajstić information content (AvgIpc) is 2.05. The highest BCUT2D eigenvalue weighted by Crippen LogP contribution is 2.09. The van der Waals surface area contributed by atoms with Crippen LogP contribution in [0, 0.1) is 11.3 Å². The third kappa shape index (κ3) is 1.80. The van der Waals surface area contributed by atoms with E-state index >= 15 is 0 Å². The number of aliphatic hydroxyl groups excluding tert-OH is 1. The minimum absolute atomic E-state index is 0.132. The average molecular weight is 149 g/mol. The monoisotopic (exact) mass is 149 g/mol. The first-order valence-corrected chi connectivity index (χ1v) is 3.12. The molecule has 1 radical (unpaired) electrons. The molecular weight excluding hydrogens is 142 g/mol. The molecule has 0 aromatic heterocycles. The van der Waals surface area contributed by atoms with E-state index in [2.05, 4.69) is 10.9 Å². The lowest BCUT2D eigenvalue weighted by Crippen LogP contribution is -1.97. The van der Waals surface area contributed by atoms with Crippen LogP contribution >= 0.6 is 0 Å². The van der Waals surface area contributed by atoms with Crippen LogP contribution in [0.5, 0.6) is 0 Å². The van der Waals surface area contributed by atoms with Gasteiger partial charge in [-0.25, -0.2) is 0 Å². The molecule has 0 saturated carbocycles. The molecule has 1 aliphatic rings. The first-order valence-electron chi connectivity index (χ1n) is 3.12. The van der Waals surface area contributed by atoms with E-state index in [1.165, 1.54) is 12.2 Å². The normalized spacial score (nSPS) is 18.7. The third-order valence-electron chi connectivity index (χ3n) is 1.32. The largest absolute Gasteiger partial charge is 0.792 e. The maximum Gasteiger partial charge on any atom is 0.145 e. The fraction of sp³-hybridized carbons (Fsp3) is 0.125. The fourth-order valence-corrected chi connectivity index (χ4v) is 0.691. The molecule has 0 aliphatic heterocycles. The van der Waals surface area contributed by atoms with Crippen molar-refractivity contribution < 1.29 is 5.11 Å². The predicted molar refractivity (Wildman–Crippen MR) is 42.4 cm³/mol. The van der Waals surface area contributed by atoms with Gasteiger partial charge in [-0.2, -0.15) is 0 Å². The molecule has 0 saturated heterocycles. The summed E-state index contributed by atoms with van der Waals surface area (Å²) in [5.41, 5.74) is 3.68. The van der Waals surface area contributed by atoms with E-state index in [1.54, 1.807) is 13.0 Å². The Hall–Kier alpha value is -1.31. The van der Waals surface area contributed by atoms with Crippen LogP contribution < -0.4 is 0 Å². The molecular formula is C8H7NO2-. The first kappa shape index (κ1) is 7.79. The SMILES string of the molecule is C/C(=N/[O-])C1=C=C[C](O)C=C1. The molecule has 3 nitrogen and oxygen atoms in total. The molecule has 11 heavy (non-hydrogen) atoms. The molecule has 0 aromatic rings. The number of allylic oxidation sites excluding steroid dienone is 1. The number of rotatable bonds is 1. The highest BCUT2D eigenvalue weighted by Gasteiger charge is 2.01. The smallest absolute Gasteiger partial charge is 0.145 e. The van der Waals surface area contributed by atoms with E-state index in [4.69, 9.17) is 5.11 Å². The van der Waals surface area contributed by atoms with Gasteiger partial charge >= 0.3 is 0 Å². The Bertz CT molecular complexity index is 270. The summed E-state index contributed by atoms with van der Waals surface area (Å²) in [6.45, 7) is 1.59. The molecule has 0 heterocycles. The van der Waals surface area contributed by atoms with Crippen LogP contribution in [0.1, 0.15) is 6.92 Å². The van der Waals surface area contributed by atoms with Crippen LogP contribution in [0.4, 0.5) is 0 Å². The maximum atomic E-state index is 10.0. The molecule has 1 aliphatic carbocycles. The van der Waals surface area contributed by atoms with Gasteiger partial charge in [-0.05, 0) is 25.2 Å². The van der Waals surface area contributed by atoms with Gasteiger partial charge in [-0.3, -0.25) is 0 Å². The summed E-state index contributed by atoms with van der Waals surface area (Å²) in [4.78, 5) is 0. The van der Waals surface area contributed by atoms with Gasteiger partial charge in [0, 0.05) is 11.3 Å². The Morgan fingerprint density at radius 1 is 1.64 bits per heavy atom. The lowest BCUT2D eigenvalue weighted by atomic mass is 10.1. The van der Waals surface area contributed by atoms with Gasteiger partial charge in [0.15, 0.2) is 0 Å².